The van der Waals surface area contributed by atoms with Crippen molar-refractivity contribution in [3.05, 3.63) is 27.7 Å². The Labute approximate surface area is 111 Å². The molecule has 1 aromatic carbocycles. The van der Waals surface area contributed by atoms with Gasteiger partial charge in [0.25, 0.3) is 0 Å². The topological polar surface area (TPSA) is 21.3 Å². The predicted molar refractivity (Wildman–Crippen MR) is 73.1 cm³/mol. The largest absolute Gasteiger partial charge is 0.493 e. The third kappa shape index (κ3) is 2.83. The van der Waals surface area contributed by atoms with E-state index in [1.165, 1.54) is 11.1 Å². The molecular weight excluding hydrogens is 278 g/mol. The molecule has 1 aromatic rings. The molecule has 0 aliphatic carbocycles. The molecule has 17 heavy (non-hydrogen) atoms. The predicted octanol–water partition coefficient (Wildman–Crippen LogP) is 2.89. The molecule has 0 aromatic heterocycles. The highest BCUT2D eigenvalue weighted by Crippen LogP contribution is 2.32. The van der Waals surface area contributed by atoms with Gasteiger partial charge in [0.2, 0.25) is 0 Å². The van der Waals surface area contributed by atoms with E-state index < -0.39 is 0 Å². The van der Waals surface area contributed by atoms with Crippen molar-refractivity contribution in [2.45, 2.75) is 32.4 Å². The second-order valence-corrected chi connectivity index (χ2v) is 5.08. The minimum atomic E-state index is 0.131. The van der Waals surface area contributed by atoms with Crippen molar-refractivity contribution in [3.63, 3.8) is 0 Å². The van der Waals surface area contributed by atoms with Crippen molar-refractivity contribution in [1.29, 1.82) is 0 Å². The standard InChI is InChI=1S/C14H16BrNO/c1-3-13(4-2)16-9-11-8-12(15)7-10-5-6-17-14(10)11/h1,7-8,13,16H,4-6,9H2,2H3. The Bertz CT molecular complexity index is 450. The molecule has 0 saturated heterocycles. The fourth-order valence-electron chi connectivity index (χ4n) is 2.03. The first-order valence-corrected chi connectivity index (χ1v) is 6.67. The van der Waals surface area contributed by atoms with Crippen LogP contribution in [0.2, 0.25) is 0 Å². The second kappa shape index (κ2) is 5.57. The minimum absolute atomic E-state index is 0.131. The van der Waals surface area contributed by atoms with Crippen molar-refractivity contribution < 1.29 is 4.74 Å². The van der Waals surface area contributed by atoms with Gasteiger partial charge in [-0.25, -0.2) is 0 Å². The minimum Gasteiger partial charge on any atom is -0.493 e. The first-order chi connectivity index (χ1) is 8.24. The van der Waals surface area contributed by atoms with Gasteiger partial charge in [0.15, 0.2) is 0 Å². The molecule has 0 spiro atoms. The smallest absolute Gasteiger partial charge is 0.127 e. The van der Waals surface area contributed by atoms with Crippen molar-refractivity contribution in [2.24, 2.45) is 0 Å². The fourth-order valence-corrected chi connectivity index (χ4v) is 2.58. The van der Waals surface area contributed by atoms with Crippen molar-refractivity contribution in [2.75, 3.05) is 6.61 Å². The molecule has 1 unspecified atom stereocenters. The van der Waals surface area contributed by atoms with Crippen LogP contribution < -0.4 is 10.1 Å². The molecule has 1 aliphatic heterocycles. The highest BCUT2D eigenvalue weighted by Gasteiger charge is 2.17. The molecule has 0 radical (unpaired) electrons. The summed E-state index contributed by atoms with van der Waals surface area (Å²) in [6.07, 6.45) is 7.37. The van der Waals surface area contributed by atoms with Crippen LogP contribution in [0.3, 0.4) is 0 Å². The number of fused-ring (bicyclic) bond motifs is 1. The lowest BCUT2D eigenvalue weighted by Gasteiger charge is -2.13. The molecule has 1 aliphatic rings. The molecule has 0 bridgehead atoms. The number of terminal acetylenes is 1. The number of ether oxygens (including phenoxy) is 1. The molecule has 0 fully saturated rings. The van der Waals surface area contributed by atoms with Gasteiger partial charge in [-0.05, 0) is 24.1 Å². The summed E-state index contributed by atoms with van der Waals surface area (Å²) in [5.74, 6) is 3.78. The zero-order valence-corrected chi connectivity index (χ0v) is 11.5. The molecule has 2 rings (SSSR count). The summed E-state index contributed by atoms with van der Waals surface area (Å²) < 4.78 is 6.78. The SMILES string of the molecule is C#CC(CC)NCc1cc(Br)cc2c1OCC2. The van der Waals surface area contributed by atoms with E-state index >= 15 is 0 Å². The maximum absolute atomic E-state index is 5.67. The summed E-state index contributed by atoms with van der Waals surface area (Å²) in [5, 5.41) is 3.36. The number of halogens is 1. The lowest BCUT2D eigenvalue weighted by atomic mass is 10.1. The molecule has 90 valence electrons. The summed E-state index contributed by atoms with van der Waals surface area (Å²) in [5.41, 5.74) is 2.46. The lowest BCUT2D eigenvalue weighted by Crippen LogP contribution is -2.26. The molecule has 0 amide bonds. The Morgan fingerprint density at radius 3 is 3.12 bits per heavy atom. The zero-order valence-electron chi connectivity index (χ0n) is 9.92. The van der Waals surface area contributed by atoms with Crippen molar-refractivity contribution in [3.8, 4) is 18.1 Å². The summed E-state index contributed by atoms with van der Waals surface area (Å²) in [6, 6.07) is 4.36. The summed E-state index contributed by atoms with van der Waals surface area (Å²) in [7, 11) is 0. The maximum atomic E-state index is 5.67. The van der Waals surface area contributed by atoms with E-state index in [1.54, 1.807) is 0 Å². The van der Waals surface area contributed by atoms with Gasteiger partial charge < -0.3 is 4.74 Å². The lowest BCUT2D eigenvalue weighted by molar-refractivity contribution is 0.352. The average molecular weight is 294 g/mol. The number of rotatable bonds is 4. The Hall–Kier alpha value is -0.980. The molecule has 1 atom stereocenters. The van der Waals surface area contributed by atoms with Gasteiger partial charge in [-0.1, -0.05) is 28.8 Å². The van der Waals surface area contributed by atoms with Crippen LogP contribution in [0.25, 0.3) is 0 Å². The van der Waals surface area contributed by atoms with E-state index in [9.17, 15) is 0 Å². The van der Waals surface area contributed by atoms with Crippen LogP contribution in [0.5, 0.6) is 5.75 Å². The van der Waals surface area contributed by atoms with Crippen LogP contribution in [0.15, 0.2) is 16.6 Å². The number of hydrogen-bond donors (Lipinski definition) is 1. The fraction of sp³-hybridized carbons (Fsp3) is 0.429. The van der Waals surface area contributed by atoms with Gasteiger partial charge in [-0.3, -0.25) is 5.32 Å². The van der Waals surface area contributed by atoms with E-state index in [0.717, 1.165) is 36.2 Å². The van der Waals surface area contributed by atoms with Gasteiger partial charge >= 0.3 is 0 Å². The van der Waals surface area contributed by atoms with Crippen LogP contribution in [0, 0.1) is 12.3 Å². The quantitative estimate of drug-likeness (QED) is 0.862. The van der Waals surface area contributed by atoms with E-state index in [4.69, 9.17) is 11.2 Å². The summed E-state index contributed by atoms with van der Waals surface area (Å²) in [6.45, 7) is 3.62. The second-order valence-electron chi connectivity index (χ2n) is 4.16. The Balaban J connectivity index is 2.14. The maximum Gasteiger partial charge on any atom is 0.127 e. The highest BCUT2D eigenvalue weighted by molar-refractivity contribution is 9.10. The van der Waals surface area contributed by atoms with Crippen molar-refractivity contribution >= 4 is 15.9 Å². The zero-order chi connectivity index (χ0) is 12.3. The van der Waals surface area contributed by atoms with E-state index in [1.807, 2.05) is 0 Å². The number of hydrogen-bond acceptors (Lipinski definition) is 2. The molecule has 3 heteroatoms. The highest BCUT2D eigenvalue weighted by atomic mass is 79.9. The molecule has 2 nitrogen and oxygen atoms in total. The number of nitrogens with one attached hydrogen (secondary N) is 1. The van der Waals surface area contributed by atoms with Crippen LogP contribution in [-0.4, -0.2) is 12.6 Å². The van der Waals surface area contributed by atoms with E-state index in [0.29, 0.717) is 0 Å². The molecular formula is C14H16BrNO. The first-order valence-electron chi connectivity index (χ1n) is 5.88. The van der Waals surface area contributed by atoms with Crippen molar-refractivity contribution in [1.82, 2.24) is 5.32 Å². The average Bonchev–Trinajstić information content (AvgIpc) is 2.78. The van der Waals surface area contributed by atoms with Gasteiger partial charge in [0.1, 0.15) is 5.75 Å². The van der Waals surface area contributed by atoms with Gasteiger partial charge in [0.05, 0.1) is 12.6 Å². The van der Waals surface area contributed by atoms with Gasteiger partial charge in [-0.15, -0.1) is 6.42 Å². The van der Waals surface area contributed by atoms with E-state index in [2.05, 4.69) is 46.2 Å². The van der Waals surface area contributed by atoms with Crippen LogP contribution >= 0.6 is 15.9 Å². The summed E-state index contributed by atoms with van der Waals surface area (Å²) in [4.78, 5) is 0. The van der Waals surface area contributed by atoms with Crippen LogP contribution in [0.1, 0.15) is 24.5 Å². The third-order valence-corrected chi connectivity index (χ3v) is 3.43. The monoisotopic (exact) mass is 293 g/mol. The normalized spacial score (nSPS) is 14.9. The Kier molecular flexibility index (Phi) is 4.09. The van der Waals surface area contributed by atoms with Crippen LogP contribution in [0.4, 0.5) is 0 Å². The first kappa shape index (κ1) is 12.5. The summed E-state index contributed by atoms with van der Waals surface area (Å²) >= 11 is 3.53. The Morgan fingerprint density at radius 1 is 1.59 bits per heavy atom. The van der Waals surface area contributed by atoms with Gasteiger partial charge in [0, 0.05) is 23.0 Å². The van der Waals surface area contributed by atoms with Crippen LogP contribution in [-0.2, 0) is 13.0 Å². The third-order valence-electron chi connectivity index (χ3n) is 2.97. The Morgan fingerprint density at radius 2 is 2.41 bits per heavy atom. The molecule has 1 heterocycles. The van der Waals surface area contributed by atoms with E-state index in [-0.39, 0.29) is 6.04 Å². The number of benzene rings is 1. The molecule has 0 saturated carbocycles. The molecule has 1 N–H and O–H groups in total. The van der Waals surface area contributed by atoms with Gasteiger partial charge in [-0.2, -0.15) is 0 Å².